The molecule has 0 saturated heterocycles. The van der Waals surface area contributed by atoms with E-state index in [2.05, 4.69) is 0 Å². The van der Waals surface area contributed by atoms with E-state index in [0.29, 0.717) is 12.8 Å². The highest BCUT2D eigenvalue weighted by Gasteiger charge is 2.13. The van der Waals surface area contributed by atoms with Crippen molar-refractivity contribution in [1.29, 1.82) is 0 Å². The summed E-state index contributed by atoms with van der Waals surface area (Å²) in [6.45, 7) is 0. The van der Waals surface area contributed by atoms with E-state index >= 15 is 0 Å². The molecule has 1 aromatic heterocycles. The average Bonchev–Trinajstić information content (AvgIpc) is 2.82. The third-order valence-corrected chi connectivity index (χ3v) is 3.50. The van der Waals surface area contributed by atoms with Gasteiger partial charge in [-0.15, -0.1) is 11.3 Å². The molecule has 90 valence electrons. The van der Waals surface area contributed by atoms with Gasteiger partial charge in [0.1, 0.15) is 11.6 Å². The number of rotatable bonds is 4. The van der Waals surface area contributed by atoms with Gasteiger partial charge in [-0.2, -0.15) is 0 Å². The number of thiophene rings is 1. The number of aliphatic hydroxyl groups is 1. The monoisotopic (exact) mass is 254 g/mol. The first kappa shape index (κ1) is 12.2. The van der Waals surface area contributed by atoms with Crippen LogP contribution in [0.25, 0.3) is 0 Å². The quantitative estimate of drug-likeness (QED) is 0.882. The third kappa shape index (κ3) is 3.11. The molecule has 0 radical (unpaired) electrons. The van der Waals surface area contributed by atoms with Crippen molar-refractivity contribution in [3.05, 3.63) is 57.8 Å². The molecule has 2 aromatic rings. The first-order valence-electron chi connectivity index (χ1n) is 5.32. The fourth-order valence-electron chi connectivity index (χ4n) is 1.66. The van der Waals surface area contributed by atoms with E-state index in [1.807, 2.05) is 17.5 Å². The number of benzene rings is 1. The topological polar surface area (TPSA) is 20.2 Å². The molecule has 0 aliphatic rings. The van der Waals surface area contributed by atoms with Gasteiger partial charge in [0.05, 0.1) is 6.10 Å². The molecule has 1 N–H and O–H groups in total. The van der Waals surface area contributed by atoms with E-state index in [9.17, 15) is 13.9 Å². The molecular formula is C13H12F2OS. The van der Waals surface area contributed by atoms with Crippen LogP contribution in [-0.4, -0.2) is 5.11 Å². The average molecular weight is 254 g/mol. The van der Waals surface area contributed by atoms with Crippen molar-refractivity contribution < 1.29 is 13.9 Å². The maximum atomic E-state index is 13.4. The molecule has 1 unspecified atom stereocenters. The summed E-state index contributed by atoms with van der Waals surface area (Å²) < 4.78 is 26.3. The van der Waals surface area contributed by atoms with Gasteiger partial charge in [-0.1, -0.05) is 6.07 Å². The Bertz CT molecular complexity index is 482. The van der Waals surface area contributed by atoms with Gasteiger partial charge in [-0.3, -0.25) is 0 Å². The van der Waals surface area contributed by atoms with Gasteiger partial charge >= 0.3 is 0 Å². The van der Waals surface area contributed by atoms with E-state index < -0.39 is 17.7 Å². The molecule has 1 atom stereocenters. The molecule has 1 nitrogen and oxygen atoms in total. The zero-order valence-corrected chi connectivity index (χ0v) is 9.88. The molecule has 17 heavy (non-hydrogen) atoms. The smallest absolute Gasteiger partial charge is 0.129 e. The number of hydrogen-bond acceptors (Lipinski definition) is 2. The zero-order chi connectivity index (χ0) is 12.3. The lowest BCUT2D eigenvalue weighted by atomic mass is 10.0. The van der Waals surface area contributed by atoms with Crippen LogP contribution in [0.1, 0.15) is 23.0 Å². The Morgan fingerprint density at radius 3 is 2.76 bits per heavy atom. The minimum Gasteiger partial charge on any atom is -0.388 e. The van der Waals surface area contributed by atoms with Crippen LogP contribution in [0.4, 0.5) is 8.78 Å². The molecule has 0 aliphatic heterocycles. The number of aryl methyl sites for hydroxylation is 1. The van der Waals surface area contributed by atoms with Crippen LogP contribution < -0.4 is 0 Å². The van der Waals surface area contributed by atoms with Crippen LogP contribution >= 0.6 is 11.3 Å². The van der Waals surface area contributed by atoms with E-state index in [4.69, 9.17) is 0 Å². The van der Waals surface area contributed by atoms with Crippen molar-refractivity contribution in [3.8, 4) is 0 Å². The van der Waals surface area contributed by atoms with Crippen LogP contribution in [0.5, 0.6) is 0 Å². The van der Waals surface area contributed by atoms with Crippen molar-refractivity contribution in [2.45, 2.75) is 18.9 Å². The normalized spacial score (nSPS) is 12.6. The van der Waals surface area contributed by atoms with Crippen LogP contribution in [0.2, 0.25) is 0 Å². The fraction of sp³-hybridized carbons (Fsp3) is 0.231. The summed E-state index contributed by atoms with van der Waals surface area (Å²) >= 11 is 1.59. The van der Waals surface area contributed by atoms with Gasteiger partial charge in [0, 0.05) is 10.4 Å². The minimum atomic E-state index is -0.965. The molecule has 0 saturated carbocycles. The molecule has 0 bridgehead atoms. The van der Waals surface area contributed by atoms with E-state index in [1.54, 1.807) is 11.3 Å². The summed E-state index contributed by atoms with van der Waals surface area (Å²) in [6.07, 6.45) is 0.0863. The van der Waals surface area contributed by atoms with Crippen molar-refractivity contribution in [2.24, 2.45) is 0 Å². The predicted octanol–water partition coefficient (Wildman–Crippen LogP) is 3.69. The summed E-state index contributed by atoms with van der Waals surface area (Å²) in [5.74, 6) is -1.10. The summed E-state index contributed by atoms with van der Waals surface area (Å²) in [6, 6.07) is 7.02. The molecular weight excluding hydrogens is 242 g/mol. The van der Waals surface area contributed by atoms with E-state index in [0.717, 1.165) is 23.1 Å². The van der Waals surface area contributed by atoms with Crippen molar-refractivity contribution in [1.82, 2.24) is 0 Å². The highest BCUT2D eigenvalue weighted by molar-refractivity contribution is 7.09. The number of aliphatic hydroxyl groups excluding tert-OH is 1. The summed E-state index contributed by atoms with van der Waals surface area (Å²) in [5.41, 5.74) is 0.0292. The highest BCUT2D eigenvalue weighted by atomic mass is 32.1. The Kier molecular flexibility index (Phi) is 3.86. The second kappa shape index (κ2) is 5.38. The summed E-state index contributed by atoms with van der Waals surface area (Å²) in [4.78, 5) is 1.13. The van der Waals surface area contributed by atoms with Gasteiger partial charge in [0.15, 0.2) is 0 Å². The van der Waals surface area contributed by atoms with Gasteiger partial charge in [0.2, 0.25) is 0 Å². The Hall–Kier alpha value is -1.26. The maximum Gasteiger partial charge on any atom is 0.129 e. The first-order chi connectivity index (χ1) is 8.16. The van der Waals surface area contributed by atoms with Crippen LogP contribution in [0.15, 0.2) is 35.7 Å². The highest BCUT2D eigenvalue weighted by Crippen LogP contribution is 2.23. The standard InChI is InChI=1S/C13H12F2OS/c14-9-3-5-12(15)11(8-9)13(16)6-4-10-2-1-7-17-10/h1-3,5,7-8,13,16H,4,6H2. The molecule has 0 spiro atoms. The van der Waals surface area contributed by atoms with Gasteiger partial charge < -0.3 is 5.11 Å². The fourth-order valence-corrected chi connectivity index (χ4v) is 2.38. The van der Waals surface area contributed by atoms with Gasteiger partial charge in [0.25, 0.3) is 0 Å². The Morgan fingerprint density at radius 2 is 2.06 bits per heavy atom. The number of halogens is 2. The largest absolute Gasteiger partial charge is 0.388 e. The lowest BCUT2D eigenvalue weighted by Gasteiger charge is -2.11. The van der Waals surface area contributed by atoms with Crippen LogP contribution in [0.3, 0.4) is 0 Å². The van der Waals surface area contributed by atoms with Crippen molar-refractivity contribution in [3.63, 3.8) is 0 Å². The Morgan fingerprint density at radius 1 is 1.24 bits per heavy atom. The van der Waals surface area contributed by atoms with Crippen LogP contribution in [0, 0.1) is 11.6 Å². The van der Waals surface area contributed by atoms with E-state index in [-0.39, 0.29) is 5.56 Å². The second-order valence-electron chi connectivity index (χ2n) is 3.80. The van der Waals surface area contributed by atoms with E-state index in [1.165, 1.54) is 0 Å². The minimum absolute atomic E-state index is 0.0292. The van der Waals surface area contributed by atoms with Crippen LogP contribution in [-0.2, 0) is 6.42 Å². The lowest BCUT2D eigenvalue weighted by Crippen LogP contribution is -2.02. The molecule has 0 aliphatic carbocycles. The third-order valence-electron chi connectivity index (χ3n) is 2.56. The molecule has 2 rings (SSSR count). The Balaban J connectivity index is 2.04. The molecule has 0 amide bonds. The zero-order valence-electron chi connectivity index (χ0n) is 9.07. The summed E-state index contributed by atoms with van der Waals surface area (Å²) in [7, 11) is 0. The van der Waals surface area contributed by atoms with Gasteiger partial charge in [-0.05, 0) is 42.5 Å². The molecule has 1 heterocycles. The summed E-state index contributed by atoms with van der Waals surface area (Å²) in [5, 5.41) is 11.8. The predicted molar refractivity (Wildman–Crippen MR) is 64.0 cm³/mol. The van der Waals surface area contributed by atoms with Gasteiger partial charge in [-0.25, -0.2) is 8.78 Å². The maximum absolute atomic E-state index is 13.4. The van der Waals surface area contributed by atoms with Crippen molar-refractivity contribution in [2.75, 3.05) is 0 Å². The SMILES string of the molecule is OC(CCc1cccs1)c1cc(F)ccc1F. The molecule has 0 fully saturated rings. The lowest BCUT2D eigenvalue weighted by molar-refractivity contribution is 0.163. The van der Waals surface area contributed by atoms with Crippen molar-refractivity contribution >= 4 is 11.3 Å². The Labute approximate surface area is 102 Å². The first-order valence-corrected chi connectivity index (χ1v) is 6.20. The number of hydrogen-bond donors (Lipinski definition) is 1. The molecule has 1 aromatic carbocycles. The molecule has 4 heteroatoms. The second-order valence-corrected chi connectivity index (χ2v) is 4.83.